The summed E-state index contributed by atoms with van der Waals surface area (Å²) in [5, 5.41) is 13.9. The van der Waals surface area contributed by atoms with Gasteiger partial charge in [0.15, 0.2) is 0 Å². The second kappa shape index (κ2) is 5.52. The summed E-state index contributed by atoms with van der Waals surface area (Å²) in [6.45, 7) is 2.38. The van der Waals surface area contributed by atoms with Crippen molar-refractivity contribution in [1.29, 1.82) is 0 Å². The molecule has 1 aromatic rings. The molecule has 0 saturated heterocycles. The fraction of sp³-hybridized carbons (Fsp3) is 0.615. The summed E-state index contributed by atoms with van der Waals surface area (Å²) in [4.78, 5) is 14.4. The average Bonchev–Trinajstić information content (AvgIpc) is 2.37. The maximum absolute atomic E-state index is 10.7. The van der Waals surface area contributed by atoms with Gasteiger partial charge in [-0.3, -0.25) is 10.1 Å². The summed E-state index contributed by atoms with van der Waals surface area (Å²) < 4.78 is 0. The maximum Gasteiger partial charge on any atom is 0.290 e. The number of hydrogen-bond donors (Lipinski definition) is 2. The minimum atomic E-state index is -0.419. The Hall–Kier alpha value is -1.69. The van der Waals surface area contributed by atoms with Gasteiger partial charge < -0.3 is 11.1 Å². The lowest BCUT2D eigenvalue weighted by Gasteiger charge is -2.33. The molecule has 0 aliphatic heterocycles. The number of rotatable bonds is 4. The molecule has 0 bridgehead atoms. The molecule has 104 valence electrons. The van der Waals surface area contributed by atoms with E-state index >= 15 is 0 Å². The molecule has 1 aliphatic rings. The third-order valence-electron chi connectivity index (χ3n) is 3.75. The molecule has 1 saturated carbocycles. The van der Waals surface area contributed by atoms with Gasteiger partial charge in [-0.25, -0.2) is 4.98 Å². The van der Waals surface area contributed by atoms with Crippen LogP contribution in [0.2, 0.25) is 0 Å². The summed E-state index contributed by atoms with van der Waals surface area (Å²) in [6, 6.07) is 1.70. The number of pyridine rings is 1. The predicted molar refractivity (Wildman–Crippen MR) is 74.1 cm³/mol. The van der Waals surface area contributed by atoms with Crippen molar-refractivity contribution < 1.29 is 4.92 Å². The lowest BCUT2D eigenvalue weighted by molar-refractivity contribution is -0.385. The van der Waals surface area contributed by atoms with Gasteiger partial charge in [0, 0.05) is 17.6 Å². The molecule has 0 radical (unpaired) electrons. The Morgan fingerprint density at radius 3 is 2.74 bits per heavy atom. The highest BCUT2D eigenvalue weighted by molar-refractivity contribution is 5.47. The van der Waals surface area contributed by atoms with E-state index in [-0.39, 0.29) is 11.2 Å². The standard InChI is InChI=1S/C13H20N4O2/c1-10-7-12(15-8-11(10)17(18)19)16-9-13(14)5-3-2-4-6-13/h7-8H,2-6,9,14H2,1H3,(H,15,16). The van der Waals surface area contributed by atoms with E-state index in [1.165, 1.54) is 25.5 Å². The molecule has 0 aromatic carbocycles. The third kappa shape index (κ3) is 3.41. The largest absolute Gasteiger partial charge is 0.368 e. The van der Waals surface area contributed by atoms with Crippen LogP contribution < -0.4 is 11.1 Å². The molecular formula is C13H20N4O2. The van der Waals surface area contributed by atoms with Crippen molar-refractivity contribution in [2.75, 3.05) is 11.9 Å². The second-order valence-electron chi connectivity index (χ2n) is 5.39. The van der Waals surface area contributed by atoms with Crippen LogP contribution in [-0.2, 0) is 0 Å². The summed E-state index contributed by atoms with van der Waals surface area (Å²) >= 11 is 0. The first kappa shape index (κ1) is 13.7. The first-order valence-corrected chi connectivity index (χ1v) is 6.64. The van der Waals surface area contributed by atoms with Crippen molar-refractivity contribution in [3.63, 3.8) is 0 Å². The van der Waals surface area contributed by atoms with Crippen LogP contribution in [0.4, 0.5) is 11.5 Å². The van der Waals surface area contributed by atoms with Crippen LogP contribution >= 0.6 is 0 Å². The van der Waals surface area contributed by atoms with Crippen molar-refractivity contribution in [1.82, 2.24) is 4.98 Å². The van der Waals surface area contributed by atoms with Crippen molar-refractivity contribution in [2.45, 2.75) is 44.6 Å². The van der Waals surface area contributed by atoms with Crippen molar-refractivity contribution in [3.8, 4) is 0 Å². The molecule has 19 heavy (non-hydrogen) atoms. The van der Waals surface area contributed by atoms with Gasteiger partial charge in [0.1, 0.15) is 12.0 Å². The van der Waals surface area contributed by atoms with Crippen LogP contribution in [-0.4, -0.2) is 22.0 Å². The minimum absolute atomic E-state index is 0.0469. The van der Waals surface area contributed by atoms with E-state index in [1.54, 1.807) is 13.0 Å². The van der Waals surface area contributed by atoms with Crippen molar-refractivity contribution >= 4 is 11.5 Å². The Morgan fingerprint density at radius 1 is 1.47 bits per heavy atom. The zero-order valence-electron chi connectivity index (χ0n) is 11.2. The lowest BCUT2D eigenvalue weighted by atomic mass is 9.82. The highest BCUT2D eigenvalue weighted by Gasteiger charge is 2.27. The molecule has 1 aromatic heterocycles. The fourth-order valence-electron chi connectivity index (χ4n) is 2.54. The first-order chi connectivity index (χ1) is 9.00. The van der Waals surface area contributed by atoms with E-state index in [2.05, 4.69) is 10.3 Å². The normalized spacial score (nSPS) is 18.0. The highest BCUT2D eigenvalue weighted by Crippen LogP contribution is 2.26. The van der Waals surface area contributed by atoms with Crippen molar-refractivity contribution in [3.05, 3.63) is 27.9 Å². The number of nitrogens with two attached hydrogens (primary N) is 1. The van der Waals surface area contributed by atoms with Crippen LogP contribution in [0.25, 0.3) is 0 Å². The van der Waals surface area contributed by atoms with E-state index in [0.29, 0.717) is 17.9 Å². The van der Waals surface area contributed by atoms with Gasteiger partial charge >= 0.3 is 0 Å². The Labute approximate surface area is 112 Å². The Kier molecular flexibility index (Phi) is 3.99. The van der Waals surface area contributed by atoms with E-state index in [4.69, 9.17) is 5.73 Å². The summed E-state index contributed by atoms with van der Waals surface area (Å²) in [6.07, 6.45) is 6.93. The van der Waals surface area contributed by atoms with Gasteiger partial charge in [-0.2, -0.15) is 0 Å². The number of nitro groups is 1. The van der Waals surface area contributed by atoms with Crippen LogP contribution in [0.15, 0.2) is 12.3 Å². The molecule has 3 N–H and O–H groups in total. The van der Waals surface area contributed by atoms with Crippen LogP contribution in [0.1, 0.15) is 37.7 Å². The number of nitrogens with zero attached hydrogens (tertiary/aromatic N) is 2. The quantitative estimate of drug-likeness (QED) is 0.643. The molecule has 0 spiro atoms. The zero-order chi connectivity index (χ0) is 13.9. The van der Waals surface area contributed by atoms with Crippen LogP contribution in [0.5, 0.6) is 0 Å². The average molecular weight is 264 g/mol. The molecule has 1 aliphatic carbocycles. The van der Waals surface area contributed by atoms with Gasteiger partial charge in [-0.1, -0.05) is 19.3 Å². The smallest absolute Gasteiger partial charge is 0.290 e. The lowest BCUT2D eigenvalue weighted by Crippen LogP contribution is -2.47. The molecule has 0 amide bonds. The molecule has 1 heterocycles. The van der Waals surface area contributed by atoms with Gasteiger partial charge in [0.25, 0.3) is 5.69 Å². The Balaban J connectivity index is 2.00. The highest BCUT2D eigenvalue weighted by atomic mass is 16.6. The van der Waals surface area contributed by atoms with Crippen molar-refractivity contribution in [2.24, 2.45) is 5.73 Å². The monoisotopic (exact) mass is 264 g/mol. The predicted octanol–water partition coefficient (Wildman–Crippen LogP) is 2.37. The number of aromatic nitrogens is 1. The zero-order valence-corrected chi connectivity index (χ0v) is 11.2. The number of anilines is 1. The maximum atomic E-state index is 10.7. The molecule has 6 heteroatoms. The molecule has 1 fully saturated rings. The SMILES string of the molecule is Cc1cc(NCC2(N)CCCCC2)ncc1[N+](=O)[O-]. The molecular weight excluding hydrogens is 244 g/mol. The number of hydrogen-bond acceptors (Lipinski definition) is 5. The van der Waals surface area contributed by atoms with E-state index in [0.717, 1.165) is 12.8 Å². The van der Waals surface area contributed by atoms with Gasteiger partial charge in [-0.05, 0) is 25.8 Å². The first-order valence-electron chi connectivity index (χ1n) is 6.64. The minimum Gasteiger partial charge on any atom is -0.368 e. The van der Waals surface area contributed by atoms with Gasteiger partial charge in [-0.15, -0.1) is 0 Å². The number of aryl methyl sites for hydroxylation is 1. The topological polar surface area (TPSA) is 94.1 Å². The summed E-state index contributed by atoms with van der Waals surface area (Å²) in [5.41, 5.74) is 6.81. The summed E-state index contributed by atoms with van der Waals surface area (Å²) in [7, 11) is 0. The Morgan fingerprint density at radius 2 is 2.16 bits per heavy atom. The van der Waals surface area contributed by atoms with E-state index in [9.17, 15) is 10.1 Å². The second-order valence-corrected chi connectivity index (χ2v) is 5.39. The van der Waals surface area contributed by atoms with E-state index < -0.39 is 4.92 Å². The summed E-state index contributed by atoms with van der Waals surface area (Å²) in [5.74, 6) is 0.651. The molecule has 0 atom stereocenters. The fourth-order valence-corrected chi connectivity index (χ4v) is 2.54. The van der Waals surface area contributed by atoms with E-state index in [1.807, 2.05) is 0 Å². The molecule has 0 unspecified atom stereocenters. The van der Waals surface area contributed by atoms with Gasteiger partial charge in [0.2, 0.25) is 0 Å². The molecule has 2 rings (SSSR count). The Bertz CT molecular complexity index is 470. The van der Waals surface area contributed by atoms with Gasteiger partial charge in [0.05, 0.1) is 4.92 Å². The van der Waals surface area contributed by atoms with Crippen LogP contribution in [0.3, 0.4) is 0 Å². The number of nitrogens with one attached hydrogen (secondary N) is 1. The molecule has 6 nitrogen and oxygen atoms in total. The third-order valence-corrected chi connectivity index (χ3v) is 3.75. The van der Waals surface area contributed by atoms with Crippen LogP contribution in [0, 0.1) is 17.0 Å².